The first kappa shape index (κ1) is 15.4. The summed E-state index contributed by atoms with van der Waals surface area (Å²) in [6.07, 6.45) is 0.724. The smallest absolute Gasteiger partial charge is 0.152 e. The van der Waals surface area contributed by atoms with Gasteiger partial charge in [0.2, 0.25) is 0 Å². The second-order valence-corrected chi connectivity index (χ2v) is 5.45. The Hall–Kier alpha value is -2.53. The van der Waals surface area contributed by atoms with Crippen molar-refractivity contribution >= 4 is 16.6 Å². The molecule has 1 aromatic heterocycles. The van der Waals surface area contributed by atoms with Gasteiger partial charge in [-0.05, 0) is 24.6 Å². The molecule has 3 aromatic rings. The molecule has 0 aliphatic rings. The van der Waals surface area contributed by atoms with Crippen LogP contribution in [-0.2, 0) is 0 Å². The highest BCUT2D eigenvalue weighted by Gasteiger charge is 2.11. The average molecular weight is 314 g/mol. The molecule has 0 saturated heterocycles. The third kappa shape index (κ3) is 3.29. The number of nitrogens with one attached hydrogen (secondary N) is 1. The Morgan fingerprint density at radius 2 is 2.00 bits per heavy atom. The normalized spacial score (nSPS) is 12.3. The summed E-state index contributed by atoms with van der Waals surface area (Å²) < 4.78 is 27.2. The molecule has 0 bridgehead atoms. The van der Waals surface area contributed by atoms with Crippen LogP contribution < -0.4 is 5.32 Å². The number of aryl methyl sites for hydroxylation is 1. The molecule has 3 rings (SSSR count). The van der Waals surface area contributed by atoms with Crippen molar-refractivity contribution in [3.63, 3.8) is 0 Å². The first-order valence-electron chi connectivity index (χ1n) is 7.27. The average Bonchev–Trinajstić information content (AvgIpc) is 2.52. The van der Waals surface area contributed by atoms with E-state index in [0.717, 1.165) is 17.2 Å². The Bertz CT molecular complexity index is 852. The van der Waals surface area contributed by atoms with Gasteiger partial charge in [0.05, 0.1) is 6.10 Å². The maximum absolute atomic E-state index is 13.8. The third-order valence-electron chi connectivity index (χ3n) is 3.68. The van der Waals surface area contributed by atoms with Gasteiger partial charge in [-0.2, -0.15) is 0 Å². The Kier molecular flexibility index (Phi) is 4.21. The number of hydrogen-bond acceptors (Lipinski definition) is 3. The number of aliphatic hydroxyl groups is 1. The lowest BCUT2D eigenvalue weighted by Crippen LogP contribution is -2.12. The summed E-state index contributed by atoms with van der Waals surface area (Å²) in [6.45, 7) is 2.17. The van der Waals surface area contributed by atoms with Crippen molar-refractivity contribution in [2.24, 2.45) is 0 Å². The molecule has 118 valence electrons. The van der Waals surface area contributed by atoms with Crippen molar-refractivity contribution in [2.75, 3.05) is 11.9 Å². The minimum absolute atomic E-state index is 0.0986. The van der Waals surface area contributed by atoms with Gasteiger partial charge in [0, 0.05) is 29.9 Å². The monoisotopic (exact) mass is 314 g/mol. The first-order chi connectivity index (χ1) is 11.0. The van der Waals surface area contributed by atoms with Crippen LogP contribution in [0.15, 0.2) is 48.7 Å². The summed E-state index contributed by atoms with van der Waals surface area (Å²) in [7, 11) is 0. The molecular weight excluding hydrogens is 298 g/mol. The van der Waals surface area contributed by atoms with Gasteiger partial charge in [-0.25, -0.2) is 8.78 Å². The fourth-order valence-corrected chi connectivity index (χ4v) is 2.53. The molecule has 0 amide bonds. The van der Waals surface area contributed by atoms with Gasteiger partial charge in [0.15, 0.2) is 5.82 Å². The van der Waals surface area contributed by atoms with E-state index in [9.17, 15) is 13.9 Å². The van der Waals surface area contributed by atoms with Gasteiger partial charge in [-0.3, -0.25) is 4.98 Å². The van der Waals surface area contributed by atoms with Crippen LogP contribution in [0.3, 0.4) is 0 Å². The quantitative estimate of drug-likeness (QED) is 0.766. The fourth-order valence-electron chi connectivity index (χ4n) is 2.53. The Labute approximate surface area is 132 Å². The van der Waals surface area contributed by atoms with E-state index in [4.69, 9.17) is 0 Å². The second kappa shape index (κ2) is 6.30. The number of aliphatic hydroxyl groups excluding tert-OH is 1. The van der Waals surface area contributed by atoms with Crippen molar-refractivity contribution in [1.29, 1.82) is 0 Å². The second-order valence-electron chi connectivity index (χ2n) is 5.45. The van der Waals surface area contributed by atoms with Crippen molar-refractivity contribution in [3.05, 3.63) is 71.4 Å². The minimum atomic E-state index is -0.725. The zero-order valence-electron chi connectivity index (χ0n) is 12.6. The number of rotatable bonds is 4. The molecule has 2 N–H and O–H groups in total. The molecule has 1 unspecified atom stereocenters. The van der Waals surface area contributed by atoms with Crippen molar-refractivity contribution in [3.8, 4) is 0 Å². The van der Waals surface area contributed by atoms with Crippen molar-refractivity contribution in [2.45, 2.75) is 13.0 Å². The summed E-state index contributed by atoms with van der Waals surface area (Å²) >= 11 is 0. The molecule has 3 nitrogen and oxygen atoms in total. The topological polar surface area (TPSA) is 45.1 Å². The molecule has 0 aliphatic heterocycles. The third-order valence-corrected chi connectivity index (χ3v) is 3.68. The first-order valence-corrected chi connectivity index (χ1v) is 7.27. The molecule has 0 saturated carbocycles. The fraction of sp³-hybridized carbons (Fsp3) is 0.167. The molecule has 0 spiro atoms. The van der Waals surface area contributed by atoms with Gasteiger partial charge in [-0.1, -0.05) is 29.8 Å². The number of hydrogen-bond donors (Lipinski definition) is 2. The summed E-state index contributed by atoms with van der Waals surface area (Å²) in [5.41, 5.74) is 2.47. The zero-order valence-corrected chi connectivity index (χ0v) is 12.6. The van der Waals surface area contributed by atoms with Crippen LogP contribution in [0.1, 0.15) is 17.2 Å². The van der Waals surface area contributed by atoms with Gasteiger partial charge in [0.1, 0.15) is 11.3 Å². The number of nitrogens with zero attached hydrogens (tertiary/aromatic N) is 1. The van der Waals surface area contributed by atoms with Gasteiger partial charge in [0.25, 0.3) is 0 Å². The van der Waals surface area contributed by atoms with Crippen molar-refractivity contribution in [1.82, 2.24) is 4.98 Å². The van der Waals surface area contributed by atoms with Gasteiger partial charge < -0.3 is 10.4 Å². The molecule has 1 heterocycles. The maximum atomic E-state index is 13.8. The van der Waals surface area contributed by atoms with Crippen molar-refractivity contribution < 1.29 is 13.9 Å². The number of fused-ring (bicyclic) bond motifs is 1. The SMILES string of the molecule is Cc1cccc(C(O)CNc2ccnc3c(F)cc(F)cc23)c1. The van der Waals surface area contributed by atoms with E-state index in [2.05, 4.69) is 10.3 Å². The van der Waals surface area contributed by atoms with E-state index in [1.165, 1.54) is 12.3 Å². The molecule has 0 fully saturated rings. The highest BCUT2D eigenvalue weighted by atomic mass is 19.1. The lowest BCUT2D eigenvalue weighted by molar-refractivity contribution is 0.191. The molecule has 1 atom stereocenters. The van der Waals surface area contributed by atoms with E-state index in [-0.39, 0.29) is 12.1 Å². The van der Waals surface area contributed by atoms with Gasteiger partial charge >= 0.3 is 0 Å². The summed E-state index contributed by atoms with van der Waals surface area (Å²) in [5, 5.41) is 13.6. The number of anilines is 1. The van der Waals surface area contributed by atoms with Crippen LogP contribution in [-0.4, -0.2) is 16.6 Å². The molecule has 23 heavy (non-hydrogen) atoms. The van der Waals surface area contributed by atoms with Crippen LogP contribution in [0.5, 0.6) is 0 Å². The number of aromatic nitrogens is 1. The predicted molar refractivity (Wildman–Crippen MR) is 86.3 cm³/mol. The van der Waals surface area contributed by atoms with Crippen LogP contribution in [0.4, 0.5) is 14.5 Å². The van der Waals surface area contributed by atoms with E-state index in [1.807, 2.05) is 31.2 Å². The lowest BCUT2D eigenvalue weighted by atomic mass is 10.1. The Balaban J connectivity index is 1.85. The Morgan fingerprint density at radius 1 is 1.17 bits per heavy atom. The number of benzene rings is 2. The summed E-state index contributed by atoms with van der Waals surface area (Å²) in [4.78, 5) is 3.94. The number of halogens is 2. The number of pyridine rings is 1. The van der Waals surface area contributed by atoms with Crippen LogP contribution >= 0.6 is 0 Å². The minimum Gasteiger partial charge on any atom is -0.387 e. The maximum Gasteiger partial charge on any atom is 0.152 e. The van der Waals surface area contributed by atoms with Gasteiger partial charge in [-0.15, -0.1) is 0 Å². The molecule has 5 heteroatoms. The highest BCUT2D eigenvalue weighted by molar-refractivity contribution is 5.91. The van der Waals surface area contributed by atoms with Crippen LogP contribution in [0.2, 0.25) is 0 Å². The predicted octanol–water partition coefficient (Wildman–Crippen LogP) is 3.97. The zero-order chi connectivity index (χ0) is 16.4. The van der Waals surface area contributed by atoms with Crippen LogP contribution in [0, 0.1) is 18.6 Å². The molecular formula is C18H16F2N2O. The largest absolute Gasteiger partial charge is 0.387 e. The van der Waals surface area contributed by atoms with E-state index in [1.54, 1.807) is 6.07 Å². The standard InChI is InChI=1S/C18H16F2N2O/c1-11-3-2-4-12(7-11)17(23)10-22-16-5-6-21-18-14(16)8-13(19)9-15(18)20/h2-9,17,23H,10H2,1H3,(H,21,22). The summed E-state index contributed by atoms with van der Waals surface area (Å²) in [5.74, 6) is -1.37. The van der Waals surface area contributed by atoms with E-state index >= 15 is 0 Å². The van der Waals surface area contributed by atoms with E-state index < -0.39 is 17.7 Å². The molecule has 2 aromatic carbocycles. The van der Waals surface area contributed by atoms with E-state index in [0.29, 0.717) is 11.1 Å². The highest BCUT2D eigenvalue weighted by Crippen LogP contribution is 2.25. The summed E-state index contributed by atoms with van der Waals surface area (Å²) in [6, 6.07) is 11.2. The Morgan fingerprint density at radius 3 is 2.78 bits per heavy atom. The lowest BCUT2D eigenvalue weighted by Gasteiger charge is -2.15. The van der Waals surface area contributed by atoms with Crippen LogP contribution in [0.25, 0.3) is 10.9 Å². The molecule has 0 radical (unpaired) electrons. The molecule has 0 aliphatic carbocycles.